The van der Waals surface area contributed by atoms with Gasteiger partial charge in [-0.1, -0.05) is 42.1 Å². The van der Waals surface area contributed by atoms with Crippen molar-refractivity contribution >= 4 is 15.9 Å². The molecule has 1 fully saturated rings. The van der Waals surface area contributed by atoms with Crippen LogP contribution in [-0.4, -0.2) is 0 Å². The Hall–Kier alpha value is -0.300. The first-order valence-electron chi connectivity index (χ1n) is 8.00. The lowest BCUT2D eigenvalue weighted by molar-refractivity contribution is 0.212. The molecule has 1 heteroatoms. The Bertz CT molecular complexity index is 478. The van der Waals surface area contributed by atoms with Gasteiger partial charge in [0, 0.05) is 4.83 Å². The minimum absolute atomic E-state index is 0.419. The van der Waals surface area contributed by atoms with Gasteiger partial charge in [0.15, 0.2) is 0 Å². The third kappa shape index (κ3) is 2.58. The standard InChI is InChI=1S/C19H29Br/c1-12-13(2)15(4)17(16(5)14(12)3)18(20)19(6)10-8-7-9-11-19/h18H,7-11H2,1-6H3. The lowest BCUT2D eigenvalue weighted by atomic mass is 9.70. The van der Waals surface area contributed by atoms with Crippen LogP contribution in [0.3, 0.4) is 0 Å². The zero-order chi connectivity index (χ0) is 15.1. The Kier molecular flexibility index (Phi) is 4.69. The topological polar surface area (TPSA) is 0 Å². The summed E-state index contributed by atoms with van der Waals surface area (Å²) >= 11 is 4.10. The van der Waals surface area contributed by atoms with Gasteiger partial charge < -0.3 is 0 Å². The molecule has 0 spiro atoms. The van der Waals surface area contributed by atoms with Crippen LogP contribution in [0, 0.1) is 40.0 Å². The maximum absolute atomic E-state index is 4.10. The lowest BCUT2D eigenvalue weighted by Crippen LogP contribution is -2.26. The fourth-order valence-electron chi connectivity index (χ4n) is 3.87. The van der Waals surface area contributed by atoms with E-state index in [0.29, 0.717) is 10.2 Å². The zero-order valence-electron chi connectivity index (χ0n) is 14.0. The highest BCUT2D eigenvalue weighted by atomic mass is 79.9. The maximum Gasteiger partial charge on any atom is 0.0454 e. The highest BCUT2D eigenvalue weighted by molar-refractivity contribution is 9.09. The quantitative estimate of drug-likeness (QED) is 0.531. The summed E-state index contributed by atoms with van der Waals surface area (Å²) in [5.41, 5.74) is 9.41. The average molecular weight is 337 g/mol. The summed E-state index contributed by atoms with van der Waals surface area (Å²) in [4.78, 5) is 0.494. The van der Waals surface area contributed by atoms with E-state index >= 15 is 0 Å². The largest absolute Gasteiger partial charge is 0.0833 e. The zero-order valence-corrected chi connectivity index (χ0v) is 15.6. The van der Waals surface area contributed by atoms with E-state index in [1.165, 1.54) is 59.9 Å². The van der Waals surface area contributed by atoms with Crippen molar-refractivity contribution in [3.8, 4) is 0 Å². The lowest BCUT2D eigenvalue weighted by Gasteiger charge is -2.40. The minimum Gasteiger partial charge on any atom is -0.0833 e. The number of hydrogen-bond donors (Lipinski definition) is 0. The van der Waals surface area contributed by atoms with Crippen molar-refractivity contribution < 1.29 is 0 Å². The van der Waals surface area contributed by atoms with Crippen molar-refractivity contribution in [2.75, 3.05) is 0 Å². The molecule has 0 amide bonds. The second-order valence-electron chi connectivity index (χ2n) is 7.12. The summed E-state index contributed by atoms with van der Waals surface area (Å²) < 4.78 is 0. The first kappa shape index (κ1) is 16.1. The number of hydrogen-bond acceptors (Lipinski definition) is 0. The molecule has 0 saturated heterocycles. The van der Waals surface area contributed by atoms with Crippen molar-refractivity contribution in [3.05, 3.63) is 33.4 Å². The van der Waals surface area contributed by atoms with Gasteiger partial charge in [0.05, 0.1) is 0 Å². The number of halogens is 1. The Labute approximate surface area is 133 Å². The van der Waals surface area contributed by atoms with Crippen LogP contribution in [0.5, 0.6) is 0 Å². The first-order valence-corrected chi connectivity index (χ1v) is 8.92. The summed E-state index contributed by atoms with van der Waals surface area (Å²) in [5, 5.41) is 0. The van der Waals surface area contributed by atoms with Crippen LogP contribution in [0.25, 0.3) is 0 Å². The molecule has 0 nitrogen and oxygen atoms in total. The van der Waals surface area contributed by atoms with Crippen molar-refractivity contribution in [3.63, 3.8) is 0 Å². The fraction of sp³-hybridized carbons (Fsp3) is 0.684. The molecule has 0 N–H and O–H groups in total. The Morgan fingerprint density at radius 2 is 1.15 bits per heavy atom. The van der Waals surface area contributed by atoms with Crippen LogP contribution in [0.2, 0.25) is 0 Å². The number of benzene rings is 1. The van der Waals surface area contributed by atoms with E-state index in [1.807, 2.05) is 0 Å². The molecule has 1 atom stereocenters. The van der Waals surface area contributed by atoms with Gasteiger partial charge in [-0.3, -0.25) is 0 Å². The van der Waals surface area contributed by atoms with Crippen LogP contribution in [0.1, 0.15) is 77.2 Å². The molecule has 1 saturated carbocycles. The summed E-state index contributed by atoms with van der Waals surface area (Å²) in [6, 6.07) is 0. The van der Waals surface area contributed by atoms with E-state index in [4.69, 9.17) is 0 Å². The summed E-state index contributed by atoms with van der Waals surface area (Å²) in [5.74, 6) is 0. The van der Waals surface area contributed by atoms with Crippen molar-refractivity contribution in [1.29, 1.82) is 0 Å². The number of rotatable bonds is 2. The molecule has 2 rings (SSSR count). The number of alkyl halides is 1. The molecule has 1 unspecified atom stereocenters. The van der Waals surface area contributed by atoms with Gasteiger partial charge in [-0.25, -0.2) is 0 Å². The van der Waals surface area contributed by atoms with Crippen molar-refractivity contribution in [1.82, 2.24) is 0 Å². The molecule has 0 radical (unpaired) electrons. The second kappa shape index (κ2) is 5.83. The molecule has 20 heavy (non-hydrogen) atoms. The molecule has 1 aromatic carbocycles. The monoisotopic (exact) mass is 336 g/mol. The molecule has 1 aliphatic carbocycles. The predicted molar refractivity (Wildman–Crippen MR) is 93.0 cm³/mol. The minimum atomic E-state index is 0.419. The normalized spacial score (nSPS) is 19.9. The van der Waals surface area contributed by atoms with Gasteiger partial charge >= 0.3 is 0 Å². The average Bonchev–Trinajstić information content (AvgIpc) is 2.44. The smallest absolute Gasteiger partial charge is 0.0454 e. The van der Waals surface area contributed by atoms with Crippen LogP contribution < -0.4 is 0 Å². The molecule has 112 valence electrons. The molecular formula is C19H29Br. The highest BCUT2D eigenvalue weighted by Crippen LogP contribution is 2.52. The molecule has 1 aliphatic rings. The van der Waals surface area contributed by atoms with Crippen molar-refractivity contribution in [2.24, 2.45) is 5.41 Å². The van der Waals surface area contributed by atoms with E-state index in [-0.39, 0.29) is 0 Å². The van der Waals surface area contributed by atoms with Gasteiger partial charge in [0.1, 0.15) is 0 Å². The third-order valence-electron chi connectivity index (χ3n) is 5.92. The van der Waals surface area contributed by atoms with E-state index in [2.05, 4.69) is 57.5 Å². The van der Waals surface area contributed by atoms with Gasteiger partial charge in [0.25, 0.3) is 0 Å². The third-order valence-corrected chi connectivity index (χ3v) is 7.48. The first-order chi connectivity index (χ1) is 9.29. The van der Waals surface area contributed by atoms with E-state index in [0.717, 1.165) is 0 Å². The maximum atomic E-state index is 4.10. The van der Waals surface area contributed by atoms with E-state index < -0.39 is 0 Å². The molecule has 0 aliphatic heterocycles. The van der Waals surface area contributed by atoms with Crippen LogP contribution in [0.15, 0.2) is 0 Å². The Morgan fingerprint density at radius 3 is 1.60 bits per heavy atom. The summed E-state index contributed by atoms with van der Waals surface area (Å²) in [6.45, 7) is 13.9. The van der Waals surface area contributed by atoms with Crippen LogP contribution in [-0.2, 0) is 0 Å². The molecule has 0 aromatic heterocycles. The van der Waals surface area contributed by atoms with E-state index in [1.54, 1.807) is 5.56 Å². The summed E-state index contributed by atoms with van der Waals surface area (Å²) in [7, 11) is 0. The van der Waals surface area contributed by atoms with E-state index in [9.17, 15) is 0 Å². The SMILES string of the molecule is Cc1c(C)c(C)c(C(Br)C2(C)CCCCC2)c(C)c1C. The van der Waals surface area contributed by atoms with Gasteiger partial charge in [0.2, 0.25) is 0 Å². The van der Waals surface area contributed by atoms with Crippen molar-refractivity contribution in [2.45, 2.75) is 78.5 Å². The molecule has 0 heterocycles. The Morgan fingerprint density at radius 1 is 0.750 bits per heavy atom. The predicted octanol–water partition coefficient (Wildman–Crippen LogP) is 6.64. The molecule has 0 bridgehead atoms. The fourth-order valence-corrected chi connectivity index (χ4v) is 5.02. The van der Waals surface area contributed by atoms with Gasteiger partial charge in [-0.2, -0.15) is 0 Å². The molecule has 1 aromatic rings. The molecular weight excluding hydrogens is 308 g/mol. The highest BCUT2D eigenvalue weighted by Gasteiger charge is 2.36. The van der Waals surface area contributed by atoms with Crippen LogP contribution >= 0.6 is 15.9 Å². The second-order valence-corrected chi connectivity index (χ2v) is 8.03. The van der Waals surface area contributed by atoms with Gasteiger partial charge in [-0.05, 0) is 86.3 Å². The van der Waals surface area contributed by atoms with Crippen LogP contribution in [0.4, 0.5) is 0 Å². The Balaban J connectivity index is 2.52. The summed E-state index contributed by atoms with van der Waals surface area (Å²) in [6.07, 6.45) is 6.90. The van der Waals surface area contributed by atoms with Gasteiger partial charge in [-0.15, -0.1) is 0 Å².